The average molecular weight is 240 g/mol. The number of hydrogen-bond donors (Lipinski definition) is 2. The minimum absolute atomic E-state index is 0.111. The molecular formula is C11H16O4Si. The molecule has 0 bridgehead atoms. The van der Waals surface area contributed by atoms with E-state index in [4.69, 9.17) is 9.84 Å². The molecule has 0 aliphatic rings. The van der Waals surface area contributed by atoms with Crippen LogP contribution in [-0.4, -0.2) is 30.5 Å². The fourth-order valence-electron chi connectivity index (χ4n) is 1.08. The maximum absolute atomic E-state index is 10.7. The second kappa shape index (κ2) is 4.57. The number of ether oxygens (including phenoxy) is 1. The number of benzene rings is 1. The predicted octanol–water partition coefficient (Wildman–Crippen LogP) is 2.35. The molecule has 0 atom stereocenters. The summed E-state index contributed by atoms with van der Waals surface area (Å²) in [7, 11) is -1.31. The molecule has 88 valence electrons. The Labute approximate surface area is 95.5 Å². The second-order valence-electron chi connectivity index (χ2n) is 4.83. The number of phenols is 1. The highest BCUT2D eigenvalue weighted by Gasteiger charge is 2.15. The summed E-state index contributed by atoms with van der Waals surface area (Å²) in [5, 5.41) is 18.2. The second-order valence-corrected chi connectivity index (χ2v) is 10.2. The van der Waals surface area contributed by atoms with E-state index >= 15 is 0 Å². The van der Waals surface area contributed by atoms with E-state index in [-0.39, 0.29) is 11.3 Å². The van der Waals surface area contributed by atoms with Crippen LogP contribution in [0.4, 0.5) is 0 Å². The Morgan fingerprint density at radius 1 is 1.38 bits per heavy atom. The van der Waals surface area contributed by atoms with Gasteiger partial charge in [0.2, 0.25) is 0 Å². The Bertz CT molecular complexity index is 395. The van der Waals surface area contributed by atoms with Crippen LogP contribution in [0.5, 0.6) is 11.5 Å². The van der Waals surface area contributed by atoms with Crippen molar-refractivity contribution in [1.29, 1.82) is 0 Å². The first kappa shape index (κ1) is 12.6. The molecule has 0 amide bonds. The summed E-state index contributed by atoms with van der Waals surface area (Å²) in [6.07, 6.45) is 0.638. The van der Waals surface area contributed by atoms with E-state index in [1.807, 2.05) is 0 Å². The van der Waals surface area contributed by atoms with Crippen LogP contribution in [0.25, 0.3) is 0 Å². The van der Waals surface area contributed by atoms with Crippen molar-refractivity contribution in [3.63, 3.8) is 0 Å². The summed E-state index contributed by atoms with van der Waals surface area (Å²) >= 11 is 0. The molecule has 5 heteroatoms. The molecule has 0 saturated heterocycles. The fraction of sp³-hybridized carbons (Fsp3) is 0.364. The van der Waals surface area contributed by atoms with Crippen LogP contribution in [0.1, 0.15) is 10.4 Å². The first-order valence-corrected chi connectivity index (χ1v) is 8.69. The zero-order valence-electron chi connectivity index (χ0n) is 9.65. The molecule has 0 radical (unpaired) electrons. The van der Waals surface area contributed by atoms with E-state index in [1.165, 1.54) is 12.1 Å². The van der Waals surface area contributed by atoms with Crippen LogP contribution in [0, 0.1) is 0 Å². The Hall–Kier alpha value is -1.49. The van der Waals surface area contributed by atoms with E-state index in [9.17, 15) is 9.90 Å². The predicted molar refractivity (Wildman–Crippen MR) is 63.9 cm³/mol. The summed E-state index contributed by atoms with van der Waals surface area (Å²) < 4.78 is 5.49. The van der Waals surface area contributed by atoms with Crippen molar-refractivity contribution in [1.82, 2.24) is 0 Å². The van der Waals surface area contributed by atoms with Gasteiger partial charge in [-0.1, -0.05) is 19.6 Å². The first-order chi connectivity index (χ1) is 7.29. The zero-order valence-corrected chi connectivity index (χ0v) is 10.7. The quantitative estimate of drug-likeness (QED) is 0.793. The number of hydrogen-bond acceptors (Lipinski definition) is 3. The number of carbonyl (C=O) groups is 1. The van der Waals surface area contributed by atoms with Crippen LogP contribution >= 0.6 is 0 Å². The molecule has 0 aliphatic heterocycles. The molecule has 1 aromatic rings. The molecular weight excluding hydrogens is 224 g/mol. The van der Waals surface area contributed by atoms with Crippen molar-refractivity contribution < 1.29 is 19.7 Å². The molecule has 16 heavy (non-hydrogen) atoms. The maximum atomic E-state index is 10.7. The fourth-order valence-corrected chi connectivity index (χ4v) is 1.68. The third-order valence-electron chi connectivity index (χ3n) is 1.87. The van der Waals surface area contributed by atoms with Gasteiger partial charge in [0.05, 0.1) is 14.3 Å². The molecule has 4 nitrogen and oxygen atoms in total. The molecule has 0 spiro atoms. The van der Waals surface area contributed by atoms with Gasteiger partial charge in [0.15, 0.2) is 0 Å². The lowest BCUT2D eigenvalue weighted by Crippen LogP contribution is -2.29. The van der Waals surface area contributed by atoms with E-state index in [0.29, 0.717) is 12.0 Å². The van der Waals surface area contributed by atoms with Crippen molar-refractivity contribution in [2.45, 2.75) is 19.6 Å². The highest BCUT2D eigenvalue weighted by Crippen LogP contribution is 2.24. The average Bonchev–Trinajstić information content (AvgIpc) is 2.13. The van der Waals surface area contributed by atoms with Gasteiger partial charge in [0.25, 0.3) is 0 Å². The van der Waals surface area contributed by atoms with E-state index in [2.05, 4.69) is 19.6 Å². The van der Waals surface area contributed by atoms with E-state index in [0.717, 1.165) is 0 Å². The largest absolute Gasteiger partial charge is 0.507 e. The molecule has 0 saturated carbocycles. The minimum Gasteiger partial charge on any atom is -0.507 e. The van der Waals surface area contributed by atoms with Crippen LogP contribution in [-0.2, 0) is 0 Å². The molecule has 1 rings (SSSR count). The number of carboxylic acids is 1. The number of rotatable bonds is 4. The van der Waals surface area contributed by atoms with Gasteiger partial charge >= 0.3 is 5.97 Å². The minimum atomic E-state index is -1.31. The lowest BCUT2D eigenvalue weighted by atomic mass is 10.2. The summed E-state index contributed by atoms with van der Waals surface area (Å²) in [4.78, 5) is 10.7. The standard InChI is InChI=1S/C11H16O4Si/c1-16(2,3)7-15-8-4-5-9(11(13)14)10(12)6-8/h4-6,12H,7H2,1-3H3,(H,13,14). The summed E-state index contributed by atoms with van der Waals surface area (Å²) in [6, 6.07) is 4.24. The van der Waals surface area contributed by atoms with Gasteiger partial charge in [-0.15, -0.1) is 0 Å². The third kappa shape index (κ3) is 3.58. The summed E-state index contributed by atoms with van der Waals surface area (Å²) in [6.45, 7) is 6.50. The molecule has 2 N–H and O–H groups in total. The summed E-state index contributed by atoms with van der Waals surface area (Å²) in [5.41, 5.74) is -0.111. The van der Waals surface area contributed by atoms with Crippen LogP contribution in [0.3, 0.4) is 0 Å². The SMILES string of the molecule is C[Si](C)(C)COc1ccc(C(=O)O)c(O)c1. The highest BCUT2D eigenvalue weighted by molar-refractivity contribution is 6.76. The topological polar surface area (TPSA) is 66.8 Å². The van der Waals surface area contributed by atoms with Gasteiger partial charge in [-0.05, 0) is 12.1 Å². The molecule has 0 aliphatic carbocycles. The van der Waals surface area contributed by atoms with Gasteiger partial charge < -0.3 is 14.9 Å². The lowest BCUT2D eigenvalue weighted by Gasteiger charge is -2.16. The molecule has 0 fully saturated rings. The van der Waals surface area contributed by atoms with Crippen LogP contribution in [0.2, 0.25) is 19.6 Å². The van der Waals surface area contributed by atoms with Gasteiger partial charge in [-0.2, -0.15) is 0 Å². The zero-order chi connectivity index (χ0) is 12.3. The molecule has 0 unspecified atom stereocenters. The molecule has 1 aromatic carbocycles. The Balaban J connectivity index is 2.78. The van der Waals surface area contributed by atoms with Crippen molar-refractivity contribution in [3.05, 3.63) is 23.8 Å². The van der Waals surface area contributed by atoms with Gasteiger partial charge in [0, 0.05) is 6.07 Å². The van der Waals surface area contributed by atoms with Crippen molar-refractivity contribution in [2.24, 2.45) is 0 Å². The van der Waals surface area contributed by atoms with Crippen molar-refractivity contribution in [3.8, 4) is 11.5 Å². The van der Waals surface area contributed by atoms with E-state index < -0.39 is 14.0 Å². The highest BCUT2D eigenvalue weighted by atomic mass is 28.3. The van der Waals surface area contributed by atoms with Gasteiger partial charge in [-0.25, -0.2) is 4.79 Å². The third-order valence-corrected chi connectivity index (χ3v) is 2.88. The number of aromatic hydroxyl groups is 1. The van der Waals surface area contributed by atoms with Crippen LogP contribution in [0.15, 0.2) is 18.2 Å². The van der Waals surface area contributed by atoms with Crippen molar-refractivity contribution >= 4 is 14.0 Å². The maximum Gasteiger partial charge on any atom is 0.339 e. The Morgan fingerprint density at radius 3 is 2.44 bits per heavy atom. The Kier molecular flexibility index (Phi) is 3.59. The number of aromatic carboxylic acids is 1. The molecule has 0 heterocycles. The smallest absolute Gasteiger partial charge is 0.339 e. The lowest BCUT2D eigenvalue weighted by molar-refractivity contribution is 0.0693. The number of carboxylic acid groups (broad SMARTS) is 1. The monoisotopic (exact) mass is 240 g/mol. The normalized spacial score (nSPS) is 11.2. The van der Waals surface area contributed by atoms with Gasteiger partial charge in [0.1, 0.15) is 17.1 Å². The summed E-state index contributed by atoms with van der Waals surface area (Å²) in [5.74, 6) is -0.903. The first-order valence-electron chi connectivity index (χ1n) is 4.99. The van der Waals surface area contributed by atoms with Crippen LogP contribution < -0.4 is 4.74 Å². The van der Waals surface area contributed by atoms with Crippen molar-refractivity contribution in [2.75, 3.05) is 6.23 Å². The Morgan fingerprint density at radius 2 is 2.00 bits per heavy atom. The van der Waals surface area contributed by atoms with E-state index in [1.54, 1.807) is 6.07 Å². The van der Waals surface area contributed by atoms with Gasteiger partial charge in [-0.3, -0.25) is 0 Å². The molecule has 0 aromatic heterocycles.